The van der Waals surface area contributed by atoms with Crippen molar-refractivity contribution in [1.82, 2.24) is 4.90 Å². The van der Waals surface area contributed by atoms with Crippen molar-refractivity contribution in [2.75, 3.05) is 25.6 Å². The topological polar surface area (TPSA) is 67.9 Å². The highest BCUT2D eigenvalue weighted by molar-refractivity contribution is 5.95. The molecule has 3 aromatic carbocycles. The van der Waals surface area contributed by atoms with E-state index in [9.17, 15) is 9.59 Å². The van der Waals surface area contributed by atoms with Crippen LogP contribution in [0.3, 0.4) is 0 Å². The summed E-state index contributed by atoms with van der Waals surface area (Å²) in [5.41, 5.74) is 2.42. The Hall–Kier alpha value is -3.80. The maximum absolute atomic E-state index is 13.1. The first-order valence-corrected chi connectivity index (χ1v) is 10.7. The molecule has 0 aliphatic carbocycles. The standard InChI is InChI=1S/C26H26N2O4/c1-31-23-10-5-9-21(17-23)27-25(29)18-32-22-14-12-20(13-15-22)26(30)28-16-6-11-24(28)19-7-3-2-4-8-19/h2-5,7-10,12-15,17,24H,6,11,16,18H2,1H3,(H,27,29). The van der Waals surface area contributed by atoms with Crippen LogP contribution in [-0.2, 0) is 4.79 Å². The second-order valence-electron chi connectivity index (χ2n) is 7.66. The van der Waals surface area contributed by atoms with Crippen molar-refractivity contribution in [1.29, 1.82) is 0 Å². The molecule has 0 radical (unpaired) electrons. The maximum Gasteiger partial charge on any atom is 0.262 e. The number of likely N-dealkylation sites (tertiary alicyclic amines) is 1. The van der Waals surface area contributed by atoms with Gasteiger partial charge in [-0.25, -0.2) is 0 Å². The number of carbonyl (C=O) groups is 2. The molecule has 0 bridgehead atoms. The largest absolute Gasteiger partial charge is 0.497 e. The van der Waals surface area contributed by atoms with Crippen LogP contribution in [0.4, 0.5) is 5.69 Å². The number of hydrogen-bond acceptors (Lipinski definition) is 4. The van der Waals surface area contributed by atoms with E-state index in [4.69, 9.17) is 9.47 Å². The first kappa shape index (κ1) is 21.4. The van der Waals surface area contributed by atoms with E-state index in [1.54, 1.807) is 55.6 Å². The number of anilines is 1. The highest BCUT2D eigenvalue weighted by Crippen LogP contribution is 2.33. The number of methoxy groups -OCH3 is 1. The van der Waals surface area contributed by atoms with Crippen LogP contribution < -0.4 is 14.8 Å². The fourth-order valence-electron chi connectivity index (χ4n) is 3.94. The average molecular weight is 431 g/mol. The van der Waals surface area contributed by atoms with Crippen molar-refractivity contribution in [3.8, 4) is 11.5 Å². The monoisotopic (exact) mass is 430 g/mol. The van der Waals surface area contributed by atoms with E-state index in [0.29, 0.717) is 22.7 Å². The Bertz CT molecular complexity index is 1070. The van der Waals surface area contributed by atoms with Crippen molar-refractivity contribution in [3.05, 3.63) is 90.0 Å². The Labute approximate surface area is 187 Å². The van der Waals surface area contributed by atoms with Gasteiger partial charge in [0, 0.05) is 23.9 Å². The Balaban J connectivity index is 1.33. The van der Waals surface area contributed by atoms with E-state index in [-0.39, 0.29) is 24.5 Å². The van der Waals surface area contributed by atoms with E-state index in [1.807, 2.05) is 23.1 Å². The lowest BCUT2D eigenvalue weighted by molar-refractivity contribution is -0.118. The molecular formula is C26H26N2O4. The van der Waals surface area contributed by atoms with Gasteiger partial charge in [0.15, 0.2) is 6.61 Å². The minimum absolute atomic E-state index is 0.0127. The minimum Gasteiger partial charge on any atom is -0.497 e. The third kappa shape index (κ3) is 5.09. The second kappa shape index (κ2) is 10.0. The molecule has 2 amide bonds. The van der Waals surface area contributed by atoms with Crippen LogP contribution in [0.25, 0.3) is 0 Å². The van der Waals surface area contributed by atoms with Crippen LogP contribution in [0.1, 0.15) is 34.8 Å². The van der Waals surface area contributed by atoms with Crippen LogP contribution in [-0.4, -0.2) is 37.0 Å². The fraction of sp³-hybridized carbons (Fsp3) is 0.231. The summed E-state index contributed by atoms with van der Waals surface area (Å²) in [4.78, 5) is 27.2. The second-order valence-corrected chi connectivity index (χ2v) is 7.66. The van der Waals surface area contributed by atoms with Crippen LogP contribution in [0.2, 0.25) is 0 Å². The lowest BCUT2D eigenvalue weighted by Gasteiger charge is -2.25. The van der Waals surface area contributed by atoms with Gasteiger partial charge in [0.25, 0.3) is 11.8 Å². The smallest absolute Gasteiger partial charge is 0.262 e. The van der Waals surface area contributed by atoms with Gasteiger partial charge in [-0.1, -0.05) is 36.4 Å². The summed E-state index contributed by atoms with van der Waals surface area (Å²) in [7, 11) is 1.57. The molecule has 1 aliphatic rings. The summed E-state index contributed by atoms with van der Waals surface area (Å²) in [5, 5.41) is 2.77. The van der Waals surface area contributed by atoms with Gasteiger partial charge in [0.1, 0.15) is 11.5 Å². The molecule has 32 heavy (non-hydrogen) atoms. The van der Waals surface area contributed by atoms with Gasteiger partial charge >= 0.3 is 0 Å². The van der Waals surface area contributed by atoms with Crippen LogP contribution in [0.15, 0.2) is 78.9 Å². The summed E-state index contributed by atoms with van der Waals surface area (Å²) in [6, 6.07) is 24.3. The summed E-state index contributed by atoms with van der Waals surface area (Å²) < 4.78 is 10.7. The van der Waals surface area contributed by atoms with E-state index in [0.717, 1.165) is 19.4 Å². The van der Waals surface area contributed by atoms with E-state index >= 15 is 0 Å². The highest BCUT2D eigenvalue weighted by atomic mass is 16.5. The fourth-order valence-corrected chi connectivity index (χ4v) is 3.94. The molecule has 1 fully saturated rings. The Morgan fingerprint density at radius 2 is 1.75 bits per heavy atom. The lowest BCUT2D eigenvalue weighted by Crippen LogP contribution is -2.30. The number of carbonyl (C=O) groups excluding carboxylic acids is 2. The predicted octanol–water partition coefficient (Wildman–Crippen LogP) is 4.69. The molecule has 4 rings (SSSR count). The van der Waals surface area contributed by atoms with Crippen molar-refractivity contribution >= 4 is 17.5 Å². The summed E-state index contributed by atoms with van der Waals surface area (Å²) in [5.74, 6) is 0.930. The van der Waals surface area contributed by atoms with Gasteiger partial charge < -0.3 is 19.7 Å². The van der Waals surface area contributed by atoms with Gasteiger partial charge in [-0.2, -0.15) is 0 Å². The van der Waals surface area contributed by atoms with Crippen molar-refractivity contribution in [2.24, 2.45) is 0 Å². The molecular weight excluding hydrogens is 404 g/mol. The Morgan fingerprint density at radius 3 is 2.50 bits per heavy atom. The SMILES string of the molecule is COc1cccc(NC(=O)COc2ccc(C(=O)N3CCCC3c3ccccc3)cc2)c1. The Kier molecular flexibility index (Phi) is 6.70. The highest BCUT2D eigenvalue weighted by Gasteiger charge is 2.30. The average Bonchev–Trinajstić information content (AvgIpc) is 3.33. The number of rotatable bonds is 7. The molecule has 1 atom stereocenters. The predicted molar refractivity (Wildman–Crippen MR) is 123 cm³/mol. The summed E-state index contributed by atoms with van der Waals surface area (Å²) >= 11 is 0. The van der Waals surface area contributed by atoms with Crippen LogP contribution in [0.5, 0.6) is 11.5 Å². The Morgan fingerprint density at radius 1 is 0.969 bits per heavy atom. The molecule has 6 nitrogen and oxygen atoms in total. The molecule has 0 spiro atoms. The number of nitrogens with one attached hydrogen (secondary N) is 1. The van der Waals surface area contributed by atoms with Crippen molar-refractivity contribution < 1.29 is 19.1 Å². The van der Waals surface area contributed by atoms with Crippen molar-refractivity contribution in [2.45, 2.75) is 18.9 Å². The normalized spacial score (nSPS) is 15.3. The molecule has 1 N–H and O–H groups in total. The summed E-state index contributed by atoms with van der Waals surface area (Å²) in [6.45, 7) is 0.619. The molecule has 3 aromatic rings. The first-order valence-electron chi connectivity index (χ1n) is 10.7. The first-order chi connectivity index (χ1) is 15.6. The van der Waals surface area contributed by atoms with Gasteiger partial charge in [-0.15, -0.1) is 0 Å². The zero-order chi connectivity index (χ0) is 22.3. The molecule has 1 heterocycles. The van der Waals surface area contributed by atoms with Crippen LogP contribution >= 0.6 is 0 Å². The molecule has 6 heteroatoms. The zero-order valence-electron chi connectivity index (χ0n) is 18.0. The summed E-state index contributed by atoms with van der Waals surface area (Å²) in [6.07, 6.45) is 1.97. The van der Waals surface area contributed by atoms with E-state index in [1.165, 1.54) is 5.56 Å². The molecule has 0 aromatic heterocycles. The molecule has 1 aliphatic heterocycles. The van der Waals surface area contributed by atoms with Crippen molar-refractivity contribution in [3.63, 3.8) is 0 Å². The molecule has 1 saturated heterocycles. The number of hydrogen-bond donors (Lipinski definition) is 1. The van der Waals surface area contributed by atoms with Crippen LogP contribution in [0, 0.1) is 0 Å². The van der Waals surface area contributed by atoms with Gasteiger partial charge in [0.2, 0.25) is 0 Å². The molecule has 1 unspecified atom stereocenters. The number of nitrogens with zero attached hydrogens (tertiary/aromatic N) is 1. The third-order valence-corrected chi connectivity index (χ3v) is 5.52. The van der Waals surface area contributed by atoms with E-state index in [2.05, 4.69) is 17.4 Å². The number of benzene rings is 3. The molecule has 164 valence electrons. The zero-order valence-corrected chi connectivity index (χ0v) is 18.0. The quantitative estimate of drug-likeness (QED) is 0.591. The minimum atomic E-state index is -0.277. The van der Waals surface area contributed by atoms with E-state index < -0.39 is 0 Å². The van der Waals surface area contributed by atoms with Gasteiger partial charge in [-0.05, 0) is 54.8 Å². The number of ether oxygens (including phenoxy) is 2. The third-order valence-electron chi connectivity index (χ3n) is 5.52. The maximum atomic E-state index is 13.1. The molecule has 0 saturated carbocycles. The van der Waals surface area contributed by atoms with Gasteiger partial charge in [-0.3, -0.25) is 9.59 Å². The number of amides is 2. The van der Waals surface area contributed by atoms with Gasteiger partial charge in [0.05, 0.1) is 13.2 Å². The lowest BCUT2D eigenvalue weighted by atomic mass is 10.0.